The molecule has 0 amide bonds. The van der Waals surface area contributed by atoms with Crippen LogP contribution in [0.4, 0.5) is 0 Å². The lowest BCUT2D eigenvalue weighted by atomic mass is 10.3. The van der Waals surface area contributed by atoms with Crippen LogP contribution in [0, 0.1) is 11.8 Å². The molecule has 0 fully saturated rings. The zero-order chi connectivity index (χ0) is 12.7. The quantitative estimate of drug-likeness (QED) is 0.407. The van der Waals surface area contributed by atoms with Crippen LogP contribution in [0.15, 0.2) is 23.7 Å². The second-order valence-corrected chi connectivity index (χ2v) is 3.19. The Morgan fingerprint density at radius 2 is 1.44 bits per heavy atom. The average molecular weight is 222 g/mol. The Morgan fingerprint density at radius 3 is 1.81 bits per heavy atom. The van der Waals surface area contributed by atoms with Gasteiger partial charge in [-0.15, -0.1) is 0 Å². The Morgan fingerprint density at radius 1 is 0.938 bits per heavy atom. The number of carbonyl (C=O) groups is 2. The van der Waals surface area contributed by atoms with Gasteiger partial charge in [-0.3, -0.25) is 9.59 Å². The Labute approximate surface area is 94.9 Å². The smallest absolute Gasteiger partial charge is 0.308 e. The summed E-state index contributed by atoms with van der Waals surface area (Å²) < 4.78 is 9.47. The second-order valence-electron chi connectivity index (χ2n) is 3.19. The summed E-state index contributed by atoms with van der Waals surface area (Å²) in [4.78, 5) is 21.3. The molecule has 0 radical (unpaired) electrons. The lowest BCUT2D eigenvalue weighted by Gasteiger charge is -2.01. The van der Waals surface area contributed by atoms with Gasteiger partial charge in [-0.2, -0.15) is 0 Å². The number of hydrogen-bond acceptors (Lipinski definition) is 4. The standard InChI is InChI=1S/C12H14O4/c1-8(2)12(16-11(5)14)7-6-9(3)15-10(4)13/h3H2,1-2,4-5H3. The molecular formula is C12H14O4. The van der Waals surface area contributed by atoms with Gasteiger partial charge in [-0.1, -0.05) is 0 Å². The minimum atomic E-state index is -0.495. The van der Waals surface area contributed by atoms with Crippen molar-refractivity contribution in [1.29, 1.82) is 0 Å². The molecule has 16 heavy (non-hydrogen) atoms. The summed E-state index contributed by atoms with van der Waals surface area (Å²) in [6.07, 6.45) is 0. The molecule has 86 valence electrons. The fraction of sp³-hybridized carbons (Fsp3) is 0.333. The molecule has 0 aromatic heterocycles. The van der Waals surface area contributed by atoms with Gasteiger partial charge in [-0.25, -0.2) is 0 Å². The molecule has 0 N–H and O–H groups in total. The molecule has 0 bridgehead atoms. The summed E-state index contributed by atoms with van der Waals surface area (Å²) in [6.45, 7) is 9.46. The summed E-state index contributed by atoms with van der Waals surface area (Å²) in [7, 11) is 0. The van der Waals surface area contributed by atoms with Gasteiger partial charge >= 0.3 is 11.9 Å². The Bertz CT molecular complexity index is 400. The summed E-state index contributed by atoms with van der Waals surface area (Å²) in [6, 6.07) is 0. The van der Waals surface area contributed by atoms with E-state index in [0.29, 0.717) is 0 Å². The predicted octanol–water partition coefficient (Wildman–Crippen LogP) is 1.92. The number of allylic oxidation sites excluding steroid dienone is 3. The van der Waals surface area contributed by atoms with Crippen molar-refractivity contribution in [2.24, 2.45) is 0 Å². The van der Waals surface area contributed by atoms with E-state index < -0.39 is 11.9 Å². The van der Waals surface area contributed by atoms with E-state index >= 15 is 0 Å². The van der Waals surface area contributed by atoms with E-state index in [2.05, 4.69) is 23.2 Å². The van der Waals surface area contributed by atoms with Crippen molar-refractivity contribution in [2.75, 3.05) is 0 Å². The Balaban J connectivity index is 4.72. The van der Waals surface area contributed by atoms with Gasteiger partial charge in [0.1, 0.15) is 0 Å². The molecular weight excluding hydrogens is 208 g/mol. The molecule has 0 saturated heterocycles. The van der Waals surface area contributed by atoms with Crippen molar-refractivity contribution in [3.05, 3.63) is 23.7 Å². The first-order valence-corrected chi connectivity index (χ1v) is 4.58. The van der Waals surface area contributed by atoms with Crippen LogP contribution in [-0.2, 0) is 19.1 Å². The Kier molecular flexibility index (Phi) is 5.65. The van der Waals surface area contributed by atoms with Crippen LogP contribution in [0.1, 0.15) is 27.7 Å². The maximum atomic E-state index is 10.7. The SMILES string of the molecule is C=C(C#CC(OC(C)=O)=C(C)C)OC(C)=O. The van der Waals surface area contributed by atoms with E-state index in [1.807, 2.05) is 0 Å². The third kappa shape index (κ3) is 6.44. The zero-order valence-electron chi connectivity index (χ0n) is 9.84. The fourth-order valence-corrected chi connectivity index (χ4v) is 0.722. The van der Waals surface area contributed by atoms with Gasteiger partial charge in [0.25, 0.3) is 0 Å². The van der Waals surface area contributed by atoms with E-state index in [1.54, 1.807) is 13.8 Å². The molecule has 0 rings (SSSR count). The lowest BCUT2D eigenvalue weighted by molar-refractivity contribution is -0.137. The molecule has 0 aromatic carbocycles. The van der Waals surface area contributed by atoms with E-state index in [9.17, 15) is 9.59 Å². The van der Waals surface area contributed by atoms with Crippen molar-refractivity contribution in [3.8, 4) is 11.8 Å². The lowest BCUT2D eigenvalue weighted by Crippen LogP contribution is -2.00. The third-order valence-electron chi connectivity index (χ3n) is 1.28. The van der Waals surface area contributed by atoms with Crippen molar-refractivity contribution in [3.63, 3.8) is 0 Å². The molecule has 0 aromatic rings. The minimum Gasteiger partial charge on any atom is -0.418 e. The molecule has 4 heteroatoms. The largest absolute Gasteiger partial charge is 0.418 e. The van der Waals surface area contributed by atoms with Gasteiger partial charge in [0, 0.05) is 13.8 Å². The number of esters is 2. The van der Waals surface area contributed by atoms with Crippen molar-refractivity contribution < 1.29 is 19.1 Å². The highest BCUT2D eigenvalue weighted by Crippen LogP contribution is 2.04. The zero-order valence-corrected chi connectivity index (χ0v) is 9.84. The van der Waals surface area contributed by atoms with Crippen molar-refractivity contribution >= 4 is 11.9 Å². The molecule has 0 unspecified atom stereocenters. The van der Waals surface area contributed by atoms with Gasteiger partial charge in [-0.05, 0) is 37.8 Å². The average Bonchev–Trinajstić information content (AvgIpc) is 2.09. The first kappa shape index (κ1) is 14.0. The summed E-state index contributed by atoms with van der Waals surface area (Å²) in [5.74, 6) is 4.34. The van der Waals surface area contributed by atoms with Crippen LogP contribution in [0.3, 0.4) is 0 Å². The van der Waals surface area contributed by atoms with Gasteiger partial charge in [0.15, 0.2) is 11.5 Å². The van der Waals surface area contributed by atoms with Crippen molar-refractivity contribution in [2.45, 2.75) is 27.7 Å². The third-order valence-corrected chi connectivity index (χ3v) is 1.28. The summed E-state index contributed by atoms with van der Waals surface area (Å²) in [5.41, 5.74) is 0.748. The molecule has 0 saturated carbocycles. The highest BCUT2D eigenvalue weighted by Gasteiger charge is 2.01. The fourth-order valence-electron chi connectivity index (χ4n) is 0.722. The summed E-state index contributed by atoms with van der Waals surface area (Å²) >= 11 is 0. The van der Waals surface area contributed by atoms with Crippen LogP contribution in [0.2, 0.25) is 0 Å². The molecule has 0 heterocycles. The molecule has 4 nitrogen and oxygen atoms in total. The topological polar surface area (TPSA) is 52.6 Å². The normalized spacial score (nSPS) is 8.25. The van der Waals surface area contributed by atoms with E-state index in [0.717, 1.165) is 5.57 Å². The summed E-state index contributed by atoms with van der Waals surface area (Å²) in [5, 5.41) is 0. The molecule has 0 aliphatic heterocycles. The van der Waals surface area contributed by atoms with Crippen molar-refractivity contribution in [1.82, 2.24) is 0 Å². The van der Waals surface area contributed by atoms with Crippen LogP contribution in [0.5, 0.6) is 0 Å². The maximum absolute atomic E-state index is 10.7. The van der Waals surface area contributed by atoms with E-state index in [1.165, 1.54) is 13.8 Å². The number of ether oxygens (including phenoxy) is 2. The van der Waals surface area contributed by atoms with Crippen LogP contribution >= 0.6 is 0 Å². The van der Waals surface area contributed by atoms with Gasteiger partial charge in [0.05, 0.1) is 0 Å². The highest BCUT2D eigenvalue weighted by molar-refractivity contribution is 5.69. The van der Waals surface area contributed by atoms with Gasteiger partial charge in [0.2, 0.25) is 0 Å². The predicted molar refractivity (Wildman–Crippen MR) is 58.8 cm³/mol. The number of carbonyl (C=O) groups excluding carboxylic acids is 2. The van der Waals surface area contributed by atoms with Crippen LogP contribution in [0.25, 0.3) is 0 Å². The van der Waals surface area contributed by atoms with E-state index in [4.69, 9.17) is 4.74 Å². The molecule has 0 aliphatic carbocycles. The number of hydrogen-bond donors (Lipinski definition) is 0. The molecule has 0 aliphatic rings. The first-order chi connectivity index (χ1) is 7.32. The highest BCUT2D eigenvalue weighted by atomic mass is 16.5. The Hall–Kier alpha value is -2.02. The number of rotatable bonds is 2. The van der Waals surface area contributed by atoms with Crippen LogP contribution in [-0.4, -0.2) is 11.9 Å². The van der Waals surface area contributed by atoms with E-state index in [-0.39, 0.29) is 11.5 Å². The maximum Gasteiger partial charge on any atom is 0.308 e. The second kappa shape index (κ2) is 6.46. The van der Waals surface area contributed by atoms with Crippen LogP contribution < -0.4 is 0 Å². The minimum absolute atomic E-state index is 0.0124. The van der Waals surface area contributed by atoms with Gasteiger partial charge < -0.3 is 9.47 Å². The monoisotopic (exact) mass is 222 g/mol. The first-order valence-electron chi connectivity index (χ1n) is 4.58. The molecule has 0 atom stereocenters. The molecule has 0 spiro atoms.